The first-order chi connectivity index (χ1) is 9.61. The van der Waals surface area contributed by atoms with E-state index in [9.17, 15) is 4.39 Å². The second-order valence-electron chi connectivity index (χ2n) is 4.17. The minimum absolute atomic E-state index is 0.254. The van der Waals surface area contributed by atoms with Crippen LogP contribution in [0, 0.1) is 21.9 Å². The van der Waals surface area contributed by atoms with E-state index in [0.29, 0.717) is 21.5 Å². The van der Waals surface area contributed by atoms with Crippen molar-refractivity contribution in [1.82, 2.24) is 9.55 Å². The number of nitrogens with zero attached hydrogens (tertiary/aromatic N) is 2. The number of hydrogen-bond donors (Lipinski definition) is 1. The Hall–Kier alpha value is -2.16. The van der Waals surface area contributed by atoms with E-state index in [-0.39, 0.29) is 5.02 Å². The van der Waals surface area contributed by atoms with Crippen molar-refractivity contribution in [3.63, 3.8) is 0 Å². The number of nitrogens with one attached hydrogen (secondary N) is 1. The normalized spacial score (nSPS) is 10.7. The van der Waals surface area contributed by atoms with E-state index in [1.807, 2.05) is 6.07 Å². The van der Waals surface area contributed by atoms with Crippen molar-refractivity contribution in [2.75, 3.05) is 0 Å². The molecule has 2 aromatic carbocycles. The zero-order valence-corrected chi connectivity index (χ0v) is 11.6. The van der Waals surface area contributed by atoms with Gasteiger partial charge in [-0.1, -0.05) is 17.7 Å². The highest BCUT2D eigenvalue weighted by Gasteiger charge is 2.12. The largest absolute Gasteiger partial charge is 0.329 e. The van der Waals surface area contributed by atoms with E-state index in [1.54, 1.807) is 22.8 Å². The van der Waals surface area contributed by atoms with Gasteiger partial charge >= 0.3 is 0 Å². The zero-order valence-electron chi connectivity index (χ0n) is 10.0. The number of halogens is 2. The molecule has 0 aliphatic carbocycles. The molecule has 20 heavy (non-hydrogen) atoms. The van der Waals surface area contributed by atoms with Crippen LogP contribution in [0.5, 0.6) is 0 Å². The second-order valence-corrected chi connectivity index (χ2v) is 4.97. The molecule has 3 nitrogen and oxygen atoms in total. The van der Waals surface area contributed by atoms with E-state index in [2.05, 4.69) is 11.1 Å². The van der Waals surface area contributed by atoms with Gasteiger partial charge in [0.1, 0.15) is 11.9 Å². The molecule has 0 amide bonds. The Morgan fingerprint density at radius 2 is 2.10 bits per heavy atom. The van der Waals surface area contributed by atoms with Gasteiger partial charge in [0.2, 0.25) is 0 Å². The highest BCUT2D eigenvalue weighted by atomic mass is 35.5. The fraction of sp³-hybridized carbons (Fsp3) is 0. The Morgan fingerprint density at radius 3 is 2.80 bits per heavy atom. The number of aromatic nitrogens is 2. The summed E-state index contributed by atoms with van der Waals surface area (Å²) in [6.45, 7) is 0. The predicted octanol–water partition coefficient (Wildman–Crippen LogP) is 4.35. The van der Waals surface area contributed by atoms with E-state index in [4.69, 9.17) is 29.1 Å². The van der Waals surface area contributed by atoms with Crippen LogP contribution in [0.15, 0.2) is 36.4 Å². The number of rotatable bonds is 1. The fourth-order valence-electron chi connectivity index (χ4n) is 2.13. The van der Waals surface area contributed by atoms with Gasteiger partial charge in [0.05, 0.1) is 27.3 Å². The summed E-state index contributed by atoms with van der Waals surface area (Å²) < 4.78 is 15.2. The molecule has 0 atom stereocenters. The monoisotopic (exact) mass is 303 g/mol. The Morgan fingerprint density at radius 1 is 1.30 bits per heavy atom. The SMILES string of the molecule is N#Cc1cccc2c1[nH]c(=S)n2-c1ccc(F)cc1Cl. The molecular weight excluding hydrogens is 297 g/mol. The number of fused-ring (bicyclic) bond motifs is 1. The van der Waals surface area contributed by atoms with E-state index < -0.39 is 5.82 Å². The first kappa shape index (κ1) is 12.9. The van der Waals surface area contributed by atoms with Crippen LogP contribution in [-0.2, 0) is 0 Å². The molecule has 1 aromatic heterocycles. The third-order valence-electron chi connectivity index (χ3n) is 2.99. The second kappa shape index (κ2) is 4.75. The topological polar surface area (TPSA) is 44.5 Å². The lowest BCUT2D eigenvalue weighted by atomic mass is 10.2. The lowest BCUT2D eigenvalue weighted by molar-refractivity contribution is 0.627. The average molecular weight is 304 g/mol. The van der Waals surface area contributed by atoms with Gasteiger partial charge in [-0.15, -0.1) is 0 Å². The van der Waals surface area contributed by atoms with Gasteiger partial charge in [-0.2, -0.15) is 5.26 Å². The molecule has 0 aliphatic heterocycles. The molecule has 0 saturated heterocycles. The van der Waals surface area contributed by atoms with Crippen molar-refractivity contribution < 1.29 is 4.39 Å². The Labute approximate surface area is 123 Å². The molecule has 6 heteroatoms. The van der Waals surface area contributed by atoms with E-state index >= 15 is 0 Å². The molecule has 0 saturated carbocycles. The maximum Gasteiger partial charge on any atom is 0.182 e. The smallest absolute Gasteiger partial charge is 0.182 e. The lowest BCUT2D eigenvalue weighted by Gasteiger charge is -2.07. The number of aromatic amines is 1. The van der Waals surface area contributed by atoms with Crippen LogP contribution in [0.1, 0.15) is 5.56 Å². The van der Waals surface area contributed by atoms with Gasteiger partial charge in [0.15, 0.2) is 4.77 Å². The molecule has 3 aromatic rings. The summed E-state index contributed by atoms with van der Waals surface area (Å²) in [6.07, 6.45) is 0. The first-order valence-electron chi connectivity index (χ1n) is 5.71. The number of imidazole rings is 1. The van der Waals surface area contributed by atoms with Crippen molar-refractivity contribution in [3.8, 4) is 11.8 Å². The highest BCUT2D eigenvalue weighted by Crippen LogP contribution is 2.27. The summed E-state index contributed by atoms with van der Waals surface area (Å²) in [7, 11) is 0. The van der Waals surface area contributed by atoms with E-state index in [0.717, 1.165) is 5.52 Å². The summed E-state index contributed by atoms with van der Waals surface area (Å²) in [5.41, 5.74) is 2.42. The number of para-hydroxylation sites is 1. The van der Waals surface area contributed by atoms with Gasteiger partial charge in [0.25, 0.3) is 0 Å². The fourth-order valence-corrected chi connectivity index (χ4v) is 2.68. The lowest BCUT2D eigenvalue weighted by Crippen LogP contribution is -1.95. The molecule has 1 heterocycles. The minimum Gasteiger partial charge on any atom is -0.329 e. The third-order valence-corrected chi connectivity index (χ3v) is 3.58. The van der Waals surface area contributed by atoms with Gasteiger partial charge < -0.3 is 4.98 Å². The molecule has 0 aliphatic rings. The maximum absolute atomic E-state index is 13.2. The molecule has 3 rings (SSSR count). The molecule has 1 N–H and O–H groups in total. The van der Waals surface area contributed by atoms with Crippen LogP contribution in [-0.4, -0.2) is 9.55 Å². The summed E-state index contributed by atoms with van der Waals surface area (Å²) >= 11 is 11.4. The van der Waals surface area contributed by atoms with Crippen LogP contribution in [0.25, 0.3) is 16.7 Å². The molecule has 0 unspecified atom stereocenters. The number of benzene rings is 2. The number of nitriles is 1. The quantitative estimate of drug-likeness (QED) is 0.679. The van der Waals surface area contributed by atoms with Gasteiger partial charge in [-0.3, -0.25) is 4.57 Å². The molecular formula is C14H7ClFN3S. The van der Waals surface area contributed by atoms with Crippen LogP contribution >= 0.6 is 23.8 Å². The first-order valence-corrected chi connectivity index (χ1v) is 6.49. The maximum atomic E-state index is 13.2. The summed E-state index contributed by atoms with van der Waals surface area (Å²) in [5, 5.41) is 9.36. The summed E-state index contributed by atoms with van der Waals surface area (Å²) in [6, 6.07) is 11.5. The predicted molar refractivity (Wildman–Crippen MR) is 78.1 cm³/mol. The average Bonchev–Trinajstić information content (AvgIpc) is 2.75. The summed E-state index contributed by atoms with van der Waals surface area (Å²) in [4.78, 5) is 2.99. The molecule has 0 bridgehead atoms. The van der Waals surface area contributed by atoms with Gasteiger partial charge in [-0.05, 0) is 42.5 Å². The van der Waals surface area contributed by atoms with Crippen molar-refractivity contribution in [3.05, 3.63) is 57.6 Å². The Bertz CT molecular complexity index is 920. The van der Waals surface area contributed by atoms with Crippen molar-refractivity contribution in [2.24, 2.45) is 0 Å². The van der Waals surface area contributed by atoms with Crippen LogP contribution in [0.4, 0.5) is 4.39 Å². The van der Waals surface area contributed by atoms with Crippen LogP contribution in [0.2, 0.25) is 5.02 Å². The highest BCUT2D eigenvalue weighted by molar-refractivity contribution is 7.71. The summed E-state index contributed by atoms with van der Waals surface area (Å²) in [5.74, 6) is -0.414. The molecule has 98 valence electrons. The Balaban J connectivity index is 2.41. The van der Waals surface area contributed by atoms with Crippen molar-refractivity contribution in [1.29, 1.82) is 5.26 Å². The van der Waals surface area contributed by atoms with Crippen molar-refractivity contribution in [2.45, 2.75) is 0 Å². The number of H-pyrrole nitrogens is 1. The zero-order chi connectivity index (χ0) is 14.3. The Kier molecular flexibility index (Phi) is 3.05. The molecule has 0 spiro atoms. The third kappa shape index (κ3) is 1.90. The van der Waals surface area contributed by atoms with Gasteiger partial charge in [-0.25, -0.2) is 4.39 Å². The minimum atomic E-state index is -0.414. The van der Waals surface area contributed by atoms with Crippen LogP contribution < -0.4 is 0 Å². The number of hydrogen-bond acceptors (Lipinski definition) is 2. The van der Waals surface area contributed by atoms with Crippen molar-refractivity contribution >= 4 is 34.9 Å². The standard InChI is InChI=1S/C14H7ClFN3S/c15-10-6-9(16)4-5-11(10)19-12-3-1-2-8(7-17)13(12)18-14(19)20/h1-6H,(H,18,20). The molecule has 0 radical (unpaired) electrons. The molecule has 0 fully saturated rings. The van der Waals surface area contributed by atoms with Gasteiger partial charge in [0, 0.05) is 0 Å². The van der Waals surface area contributed by atoms with E-state index in [1.165, 1.54) is 12.1 Å². The van der Waals surface area contributed by atoms with Crippen LogP contribution in [0.3, 0.4) is 0 Å².